The van der Waals surface area contributed by atoms with Crippen LogP contribution in [-0.2, 0) is 21.2 Å². The van der Waals surface area contributed by atoms with Crippen LogP contribution in [0.5, 0.6) is 5.75 Å². The predicted octanol–water partition coefficient (Wildman–Crippen LogP) is 3.74. The summed E-state index contributed by atoms with van der Waals surface area (Å²) in [6, 6.07) is 15.8. The largest absolute Gasteiger partial charge is 0.495 e. The van der Waals surface area contributed by atoms with E-state index in [9.17, 15) is 13.2 Å². The van der Waals surface area contributed by atoms with Crippen molar-refractivity contribution in [3.8, 4) is 5.75 Å². The third kappa shape index (κ3) is 6.19. The summed E-state index contributed by atoms with van der Waals surface area (Å²) in [5.41, 5.74) is 3.06. The number of methoxy groups -OCH3 is 1. The van der Waals surface area contributed by atoms with Crippen molar-refractivity contribution in [2.45, 2.75) is 6.42 Å². The maximum Gasteiger partial charge on any atom is 0.245 e. The number of benzene rings is 2. The van der Waals surface area contributed by atoms with E-state index in [4.69, 9.17) is 16.3 Å². The molecular formula is C22H22ClN3O4S. The maximum absolute atomic E-state index is 12.5. The second-order valence-corrected chi connectivity index (χ2v) is 9.18. The van der Waals surface area contributed by atoms with Gasteiger partial charge in [0, 0.05) is 18.1 Å². The molecule has 3 aromatic rings. The molecule has 0 radical (unpaired) electrons. The van der Waals surface area contributed by atoms with Crippen LogP contribution in [0.2, 0.25) is 5.02 Å². The average Bonchev–Trinajstić information content (AvgIpc) is 2.73. The van der Waals surface area contributed by atoms with Crippen LogP contribution in [-0.4, -0.2) is 39.2 Å². The molecule has 0 atom stereocenters. The highest BCUT2D eigenvalue weighted by molar-refractivity contribution is 7.92. The van der Waals surface area contributed by atoms with Crippen LogP contribution in [0.4, 0.5) is 11.4 Å². The van der Waals surface area contributed by atoms with Crippen LogP contribution in [0.1, 0.15) is 11.1 Å². The number of carbonyl (C=O) groups is 1. The normalized spacial score (nSPS) is 11.1. The molecule has 1 heterocycles. The number of pyridine rings is 1. The fourth-order valence-corrected chi connectivity index (χ4v) is 4.08. The van der Waals surface area contributed by atoms with Crippen LogP contribution in [0.25, 0.3) is 0 Å². The van der Waals surface area contributed by atoms with E-state index < -0.39 is 15.9 Å². The van der Waals surface area contributed by atoms with Gasteiger partial charge in [0.2, 0.25) is 15.9 Å². The quantitative estimate of drug-likeness (QED) is 0.554. The Morgan fingerprint density at radius 2 is 1.71 bits per heavy atom. The molecule has 0 bridgehead atoms. The second kappa shape index (κ2) is 9.80. The number of carbonyl (C=O) groups excluding carboxylic acids is 1. The molecule has 0 aliphatic carbocycles. The summed E-state index contributed by atoms with van der Waals surface area (Å²) in [5.74, 6) is -0.0607. The Morgan fingerprint density at radius 3 is 2.29 bits per heavy atom. The molecule has 31 heavy (non-hydrogen) atoms. The lowest BCUT2D eigenvalue weighted by atomic mass is 10.1. The van der Waals surface area contributed by atoms with Gasteiger partial charge in [0.1, 0.15) is 12.3 Å². The Balaban J connectivity index is 1.69. The predicted molar refractivity (Wildman–Crippen MR) is 122 cm³/mol. The van der Waals surface area contributed by atoms with E-state index in [1.165, 1.54) is 19.2 Å². The summed E-state index contributed by atoms with van der Waals surface area (Å²) >= 11 is 6.11. The summed E-state index contributed by atoms with van der Waals surface area (Å²) in [5, 5.41) is 2.98. The molecule has 0 saturated carbocycles. The first-order chi connectivity index (χ1) is 14.8. The Bertz CT molecular complexity index is 1150. The van der Waals surface area contributed by atoms with E-state index in [1.807, 2.05) is 24.3 Å². The number of amides is 1. The van der Waals surface area contributed by atoms with Gasteiger partial charge in [0.25, 0.3) is 0 Å². The first-order valence-electron chi connectivity index (χ1n) is 9.35. The number of hydrogen-bond acceptors (Lipinski definition) is 5. The van der Waals surface area contributed by atoms with Crippen LogP contribution >= 0.6 is 11.6 Å². The third-order valence-corrected chi connectivity index (χ3v) is 5.94. The van der Waals surface area contributed by atoms with Crippen LogP contribution < -0.4 is 14.4 Å². The van der Waals surface area contributed by atoms with Crippen molar-refractivity contribution < 1.29 is 17.9 Å². The van der Waals surface area contributed by atoms with Crippen molar-refractivity contribution >= 4 is 38.9 Å². The number of nitrogens with one attached hydrogen (secondary N) is 1. The summed E-state index contributed by atoms with van der Waals surface area (Å²) < 4.78 is 30.6. The van der Waals surface area contributed by atoms with Crippen LogP contribution in [0.15, 0.2) is 67.0 Å². The van der Waals surface area contributed by atoms with Crippen molar-refractivity contribution in [2.75, 3.05) is 29.5 Å². The Kier molecular flexibility index (Phi) is 7.14. The van der Waals surface area contributed by atoms with Crippen molar-refractivity contribution in [1.29, 1.82) is 0 Å². The first kappa shape index (κ1) is 22.6. The molecule has 0 fully saturated rings. The molecule has 1 amide bonds. The van der Waals surface area contributed by atoms with Gasteiger partial charge in [-0.1, -0.05) is 23.7 Å². The topological polar surface area (TPSA) is 88.6 Å². The molecule has 0 aliphatic heterocycles. The van der Waals surface area contributed by atoms with Gasteiger partial charge in [-0.3, -0.25) is 14.1 Å². The van der Waals surface area contributed by atoms with Gasteiger partial charge < -0.3 is 10.1 Å². The van der Waals surface area contributed by atoms with Gasteiger partial charge in [-0.05, 0) is 60.0 Å². The highest BCUT2D eigenvalue weighted by Gasteiger charge is 2.22. The number of rotatable bonds is 8. The van der Waals surface area contributed by atoms with E-state index in [0.29, 0.717) is 11.4 Å². The summed E-state index contributed by atoms with van der Waals surface area (Å²) in [6.45, 7) is -0.389. The minimum Gasteiger partial charge on any atom is -0.495 e. The molecule has 162 valence electrons. The first-order valence-corrected chi connectivity index (χ1v) is 11.6. The van der Waals surface area contributed by atoms with Gasteiger partial charge in [-0.15, -0.1) is 0 Å². The standard InChI is InChI=1S/C22H22ClN3O4S/c1-30-21-8-7-19(14-20(21)23)26(31(2,28)29)15-22(27)25-18-5-3-16(4-6-18)13-17-9-11-24-12-10-17/h3-12,14H,13,15H2,1-2H3,(H,25,27). The van der Waals surface area contributed by atoms with E-state index in [1.54, 1.807) is 30.6 Å². The minimum atomic E-state index is -3.72. The number of ether oxygens (including phenoxy) is 1. The number of aromatic nitrogens is 1. The molecular weight excluding hydrogens is 438 g/mol. The zero-order valence-corrected chi connectivity index (χ0v) is 18.7. The number of halogens is 1. The number of hydrogen-bond donors (Lipinski definition) is 1. The van der Waals surface area contributed by atoms with Gasteiger partial charge in [0.15, 0.2) is 0 Å². The Morgan fingerprint density at radius 1 is 1.06 bits per heavy atom. The highest BCUT2D eigenvalue weighted by Crippen LogP contribution is 2.30. The molecule has 7 nitrogen and oxygen atoms in total. The fraction of sp³-hybridized carbons (Fsp3) is 0.182. The lowest BCUT2D eigenvalue weighted by Gasteiger charge is -2.22. The Hall–Kier alpha value is -3.10. The number of sulfonamides is 1. The number of nitrogens with zero attached hydrogens (tertiary/aromatic N) is 2. The molecule has 1 aromatic heterocycles. The highest BCUT2D eigenvalue weighted by atomic mass is 35.5. The van der Waals surface area contributed by atoms with Gasteiger partial charge in [-0.2, -0.15) is 0 Å². The van der Waals surface area contributed by atoms with Crippen LogP contribution in [0.3, 0.4) is 0 Å². The summed E-state index contributed by atoms with van der Waals surface area (Å²) in [4.78, 5) is 16.5. The molecule has 0 saturated heterocycles. The van der Waals surface area contributed by atoms with Gasteiger partial charge in [-0.25, -0.2) is 8.42 Å². The smallest absolute Gasteiger partial charge is 0.245 e. The Labute approximate surface area is 186 Å². The summed E-state index contributed by atoms with van der Waals surface area (Å²) in [7, 11) is -2.25. The summed E-state index contributed by atoms with van der Waals surface area (Å²) in [6.07, 6.45) is 5.27. The van der Waals surface area contributed by atoms with E-state index in [2.05, 4.69) is 10.3 Å². The minimum absolute atomic E-state index is 0.249. The van der Waals surface area contributed by atoms with Crippen LogP contribution in [0, 0.1) is 0 Å². The molecule has 1 N–H and O–H groups in total. The maximum atomic E-state index is 12.5. The van der Waals surface area contributed by atoms with E-state index >= 15 is 0 Å². The lowest BCUT2D eigenvalue weighted by Crippen LogP contribution is -2.37. The number of anilines is 2. The molecule has 9 heteroatoms. The zero-order chi connectivity index (χ0) is 22.4. The van der Waals surface area contributed by atoms with E-state index in [-0.39, 0.29) is 17.3 Å². The zero-order valence-electron chi connectivity index (χ0n) is 17.1. The van der Waals surface area contributed by atoms with Crippen molar-refractivity contribution in [2.24, 2.45) is 0 Å². The SMILES string of the molecule is COc1ccc(N(CC(=O)Nc2ccc(Cc3ccncc3)cc2)S(C)(=O)=O)cc1Cl. The molecule has 0 aliphatic rings. The molecule has 0 spiro atoms. The molecule has 2 aromatic carbocycles. The molecule has 3 rings (SSSR count). The third-order valence-electron chi connectivity index (χ3n) is 4.51. The van der Waals surface area contributed by atoms with E-state index in [0.717, 1.165) is 28.1 Å². The van der Waals surface area contributed by atoms with Gasteiger partial charge >= 0.3 is 0 Å². The lowest BCUT2D eigenvalue weighted by molar-refractivity contribution is -0.114. The van der Waals surface area contributed by atoms with Crippen molar-refractivity contribution in [3.05, 3.63) is 83.1 Å². The monoisotopic (exact) mass is 459 g/mol. The van der Waals surface area contributed by atoms with Gasteiger partial charge in [0.05, 0.1) is 24.1 Å². The average molecular weight is 460 g/mol. The molecule has 0 unspecified atom stereocenters. The second-order valence-electron chi connectivity index (χ2n) is 6.87. The van der Waals surface area contributed by atoms with Crippen molar-refractivity contribution in [3.63, 3.8) is 0 Å². The van der Waals surface area contributed by atoms with Crippen molar-refractivity contribution in [1.82, 2.24) is 4.98 Å². The fourth-order valence-electron chi connectivity index (χ4n) is 2.98.